The smallest absolute Gasteiger partial charge is 0.254 e. The largest absolute Gasteiger partial charge is 0.350 e. The zero-order chi connectivity index (χ0) is 23.8. The zero-order valence-electron chi connectivity index (χ0n) is 19.5. The molecule has 0 radical (unpaired) electrons. The van der Waals surface area contributed by atoms with E-state index in [0.717, 1.165) is 50.2 Å². The van der Waals surface area contributed by atoms with Crippen LogP contribution in [0.4, 0.5) is 17.3 Å². The number of nitriles is 1. The topological polar surface area (TPSA) is 114 Å². The van der Waals surface area contributed by atoms with Crippen molar-refractivity contribution >= 4 is 23.2 Å². The third-order valence-corrected chi connectivity index (χ3v) is 7.43. The molecule has 2 saturated heterocycles. The second kappa shape index (κ2) is 9.02. The Labute approximate surface area is 204 Å². The van der Waals surface area contributed by atoms with Gasteiger partial charge in [-0.2, -0.15) is 10.4 Å². The quantitative estimate of drug-likeness (QED) is 0.582. The maximum absolute atomic E-state index is 13.5. The molecule has 2 atom stereocenters. The number of anilines is 3. The molecular formula is C26H28N8O. The van der Waals surface area contributed by atoms with Crippen molar-refractivity contribution in [1.29, 1.82) is 5.26 Å². The number of carbonyl (C=O) groups is 1. The van der Waals surface area contributed by atoms with Gasteiger partial charge in [0.05, 0.1) is 30.2 Å². The molecule has 2 aliphatic heterocycles. The predicted octanol–water partition coefficient (Wildman–Crippen LogP) is 3.97. The lowest BCUT2D eigenvalue weighted by Crippen LogP contribution is -2.60. The van der Waals surface area contributed by atoms with E-state index < -0.39 is 0 Å². The van der Waals surface area contributed by atoms with Crippen molar-refractivity contribution < 1.29 is 4.79 Å². The minimum absolute atomic E-state index is 0.122. The summed E-state index contributed by atoms with van der Waals surface area (Å²) in [5, 5.41) is 19.3. The first-order valence-corrected chi connectivity index (χ1v) is 12.4. The van der Waals surface area contributed by atoms with Gasteiger partial charge in [-0.1, -0.05) is 12.1 Å². The van der Waals surface area contributed by atoms with Crippen LogP contribution in [0.3, 0.4) is 0 Å². The molecule has 1 aromatic carbocycles. The fourth-order valence-corrected chi connectivity index (χ4v) is 5.55. The van der Waals surface area contributed by atoms with Crippen LogP contribution in [0.25, 0.3) is 0 Å². The number of rotatable bonds is 5. The van der Waals surface area contributed by atoms with Crippen molar-refractivity contribution in [3.8, 4) is 6.07 Å². The molecule has 1 amide bonds. The molecule has 3 aliphatic rings. The number of hydrogen-bond acceptors (Lipinski definition) is 7. The van der Waals surface area contributed by atoms with Gasteiger partial charge in [0, 0.05) is 24.8 Å². The summed E-state index contributed by atoms with van der Waals surface area (Å²) in [6, 6.07) is 10.7. The lowest BCUT2D eigenvalue weighted by Gasteiger charge is -2.49. The third-order valence-electron chi connectivity index (χ3n) is 7.43. The van der Waals surface area contributed by atoms with Crippen molar-refractivity contribution in [2.45, 2.75) is 56.5 Å². The average molecular weight is 469 g/mol. The SMILES string of the molecule is N#Cc1ncc(N2CCCC3C2CCCN3C(=O)c2ccc(C3CC3)cc2)nc1Nc1cn[nH]c1. The molecule has 9 nitrogen and oxygen atoms in total. The maximum Gasteiger partial charge on any atom is 0.254 e. The van der Waals surface area contributed by atoms with Gasteiger partial charge in [0.2, 0.25) is 0 Å². The van der Waals surface area contributed by atoms with Crippen LogP contribution in [0.15, 0.2) is 42.9 Å². The number of fused-ring (bicyclic) bond motifs is 1. The molecule has 2 aromatic heterocycles. The molecule has 178 valence electrons. The van der Waals surface area contributed by atoms with Crippen LogP contribution in [-0.4, -0.2) is 56.1 Å². The van der Waals surface area contributed by atoms with E-state index in [0.29, 0.717) is 17.4 Å². The fourth-order valence-electron chi connectivity index (χ4n) is 5.55. The number of nitrogens with zero attached hydrogens (tertiary/aromatic N) is 6. The number of H-pyrrole nitrogens is 1. The number of hydrogen-bond donors (Lipinski definition) is 2. The van der Waals surface area contributed by atoms with Gasteiger partial charge in [0.15, 0.2) is 11.5 Å². The lowest BCUT2D eigenvalue weighted by molar-refractivity contribution is 0.0524. The van der Waals surface area contributed by atoms with Gasteiger partial charge < -0.3 is 15.1 Å². The molecule has 2 unspecified atom stereocenters. The molecule has 2 N–H and O–H groups in total. The standard InChI is InChI=1S/C26H28N8O/c27-13-21-25(31-20-14-29-30-15-20)32-24(16-28-21)33-11-1-4-23-22(33)3-2-12-34(23)26(35)19-9-7-18(8-10-19)17-5-6-17/h7-10,14-17,22-23H,1-6,11-12H2,(H,29,30)(H,31,32). The van der Waals surface area contributed by atoms with E-state index >= 15 is 0 Å². The predicted molar refractivity (Wildman–Crippen MR) is 131 cm³/mol. The van der Waals surface area contributed by atoms with E-state index in [9.17, 15) is 10.1 Å². The summed E-state index contributed by atoms with van der Waals surface area (Å²) in [5.74, 6) is 1.95. The Balaban J connectivity index is 1.24. The Morgan fingerprint density at radius 1 is 1.06 bits per heavy atom. The number of piperidine rings is 2. The summed E-state index contributed by atoms with van der Waals surface area (Å²) in [6.07, 6.45) is 11.4. The Bertz CT molecular complexity index is 1250. The van der Waals surface area contributed by atoms with Gasteiger partial charge in [-0.25, -0.2) is 9.97 Å². The first-order valence-electron chi connectivity index (χ1n) is 12.4. The van der Waals surface area contributed by atoms with E-state index in [1.54, 1.807) is 18.6 Å². The summed E-state index contributed by atoms with van der Waals surface area (Å²) < 4.78 is 0. The van der Waals surface area contributed by atoms with Crippen LogP contribution in [-0.2, 0) is 0 Å². The minimum atomic E-state index is 0.122. The van der Waals surface area contributed by atoms with Crippen LogP contribution in [0.2, 0.25) is 0 Å². The molecule has 0 bridgehead atoms. The first kappa shape index (κ1) is 21.6. The van der Waals surface area contributed by atoms with Crippen molar-refractivity contribution in [3.63, 3.8) is 0 Å². The van der Waals surface area contributed by atoms with E-state index in [-0.39, 0.29) is 23.7 Å². The summed E-state index contributed by atoms with van der Waals surface area (Å²) in [6.45, 7) is 1.63. The molecule has 1 saturated carbocycles. The molecule has 35 heavy (non-hydrogen) atoms. The molecule has 4 heterocycles. The molecule has 3 fully saturated rings. The second-order valence-electron chi connectivity index (χ2n) is 9.66. The maximum atomic E-state index is 13.5. The van der Waals surface area contributed by atoms with E-state index in [1.807, 2.05) is 12.1 Å². The molecule has 6 rings (SSSR count). The number of amides is 1. The number of likely N-dealkylation sites (tertiary alicyclic amines) is 1. The highest BCUT2D eigenvalue weighted by Crippen LogP contribution is 2.40. The highest BCUT2D eigenvalue weighted by Gasteiger charge is 2.40. The normalized spacial score (nSPS) is 21.8. The summed E-state index contributed by atoms with van der Waals surface area (Å²) >= 11 is 0. The van der Waals surface area contributed by atoms with Gasteiger partial charge in [0.25, 0.3) is 5.91 Å². The van der Waals surface area contributed by atoms with Crippen LogP contribution >= 0.6 is 0 Å². The van der Waals surface area contributed by atoms with E-state index in [1.165, 1.54) is 18.4 Å². The van der Waals surface area contributed by atoms with Crippen molar-refractivity contribution in [3.05, 3.63) is 59.7 Å². The zero-order valence-corrected chi connectivity index (χ0v) is 19.5. The Kier molecular flexibility index (Phi) is 5.57. The van der Waals surface area contributed by atoms with Crippen LogP contribution in [0.1, 0.15) is 66.1 Å². The summed E-state index contributed by atoms with van der Waals surface area (Å²) in [7, 11) is 0. The second-order valence-corrected chi connectivity index (χ2v) is 9.66. The van der Waals surface area contributed by atoms with Crippen molar-refractivity contribution in [2.24, 2.45) is 0 Å². The molecular weight excluding hydrogens is 440 g/mol. The van der Waals surface area contributed by atoms with Crippen molar-refractivity contribution in [1.82, 2.24) is 25.1 Å². The number of benzene rings is 1. The van der Waals surface area contributed by atoms with E-state index in [2.05, 4.69) is 48.5 Å². The number of carbonyl (C=O) groups excluding carboxylic acids is 1. The number of nitrogens with one attached hydrogen (secondary N) is 2. The van der Waals surface area contributed by atoms with Gasteiger partial charge in [-0.3, -0.25) is 9.89 Å². The molecule has 9 heteroatoms. The molecule has 1 aliphatic carbocycles. The minimum Gasteiger partial charge on any atom is -0.350 e. The fraction of sp³-hybridized carbons (Fsp3) is 0.423. The van der Waals surface area contributed by atoms with Crippen LogP contribution < -0.4 is 10.2 Å². The Morgan fingerprint density at radius 2 is 1.86 bits per heavy atom. The highest BCUT2D eigenvalue weighted by atomic mass is 16.2. The van der Waals surface area contributed by atoms with Gasteiger partial charge in [-0.05, 0) is 62.1 Å². The molecule has 3 aromatic rings. The average Bonchev–Trinajstić information content (AvgIpc) is 3.64. The van der Waals surface area contributed by atoms with E-state index in [4.69, 9.17) is 4.98 Å². The first-order chi connectivity index (χ1) is 17.2. The lowest BCUT2D eigenvalue weighted by atomic mass is 9.87. The Hall–Kier alpha value is -3.93. The van der Waals surface area contributed by atoms with Crippen molar-refractivity contribution in [2.75, 3.05) is 23.3 Å². The van der Waals surface area contributed by atoms with Crippen LogP contribution in [0.5, 0.6) is 0 Å². The number of aromatic amines is 1. The summed E-state index contributed by atoms with van der Waals surface area (Å²) in [4.78, 5) is 27.0. The van der Waals surface area contributed by atoms with Gasteiger partial charge in [0.1, 0.15) is 11.9 Å². The number of aromatic nitrogens is 4. The summed E-state index contributed by atoms with van der Waals surface area (Å²) in [5.41, 5.74) is 3.07. The monoisotopic (exact) mass is 468 g/mol. The Morgan fingerprint density at radius 3 is 2.60 bits per heavy atom. The third kappa shape index (κ3) is 4.20. The van der Waals surface area contributed by atoms with Crippen LogP contribution in [0, 0.1) is 11.3 Å². The van der Waals surface area contributed by atoms with Gasteiger partial charge >= 0.3 is 0 Å². The highest BCUT2D eigenvalue weighted by molar-refractivity contribution is 5.94. The molecule has 0 spiro atoms. The van der Waals surface area contributed by atoms with Gasteiger partial charge in [-0.15, -0.1) is 0 Å².